The Balaban J connectivity index is 2.06. The van der Waals surface area contributed by atoms with E-state index < -0.39 is 6.10 Å². The van der Waals surface area contributed by atoms with E-state index in [1.165, 1.54) is 0 Å². The average molecular weight is 300 g/mol. The molecule has 6 heteroatoms. The van der Waals surface area contributed by atoms with Gasteiger partial charge in [0.2, 0.25) is 0 Å². The molecule has 0 amide bonds. The van der Waals surface area contributed by atoms with E-state index in [1.807, 2.05) is 26.3 Å². The van der Waals surface area contributed by atoms with E-state index >= 15 is 0 Å². The number of nitrogens with zero attached hydrogens (tertiary/aromatic N) is 3. The zero-order valence-electron chi connectivity index (χ0n) is 11.4. The Kier molecular flexibility index (Phi) is 4.60. The summed E-state index contributed by atoms with van der Waals surface area (Å²) >= 11 is 7.85. The summed E-state index contributed by atoms with van der Waals surface area (Å²) in [7, 11) is 1.86. The van der Waals surface area contributed by atoms with Gasteiger partial charge in [0.05, 0.1) is 27.5 Å². The third-order valence-corrected chi connectivity index (χ3v) is 4.43. The molecule has 4 nitrogen and oxygen atoms in total. The van der Waals surface area contributed by atoms with E-state index in [1.54, 1.807) is 16.0 Å². The Morgan fingerprint density at radius 3 is 2.74 bits per heavy atom. The van der Waals surface area contributed by atoms with E-state index in [-0.39, 0.29) is 0 Å². The standard InChI is InChI=1S/C13H18ClN3OS/c1-4-10-13(14)11(17(3)16-10)5-9(18)6-12-15-8(2)7-19-12/h7,9,18H,4-6H2,1-3H3. The van der Waals surface area contributed by atoms with Gasteiger partial charge in [0.15, 0.2) is 0 Å². The lowest BCUT2D eigenvalue weighted by molar-refractivity contribution is 0.172. The molecule has 0 aliphatic rings. The molecule has 0 fully saturated rings. The Labute approximate surface area is 122 Å². The molecule has 0 aliphatic heterocycles. The van der Waals surface area contributed by atoms with Gasteiger partial charge < -0.3 is 5.11 Å². The van der Waals surface area contributed by atoms with Crippen LogP contribution < -0.4 is 0 Å². The van der Waals surface area contributed by atoms with Gasteiger partial charge in [0, 0.05) is 31.0 Å². The largest absolute Gasteiger partial charge is 0.392 e. The van der Waals surface area contributed by atoms with Crippen LogP contribution >= 0.6 is 22.9 Å². The summed E-state index contributed by atoms with van der Waals surface area (Å²) in [5, 5.41) is 18.1. The average Bonchev–Trinajstić information content (AvgIpc) is 2.87. The van der Waals surface area contributed by atoms with Gasteiger partial charge in [-0.05, 0) is 13.3 Å². The van der Waals surface area contributed by atoms with Gasteiger partial charge in [0.1, 0.15) is 0 Å². The minimum Gasteiger partial charge on any atom is -0.392 e. The van der Waals surface area contributed by atoms with Gasteiger partial charge in [-0.15, -0.1) is 11.3 Å². The van der Waals surface area contributed by atoms with Crippen LogP contribution in [0.2, 0.25) is 5.02 Å². The van der Waals surface area contributed by atoms with Crippen LogP contribution in [-0.4, -0.2) is 26.0 Å². The van der Waals surface area contributed by atoms with Crippen molar-refractivity contribution in [3.8, 4) is 0 Å². The van der Waals surface area contributed by atoms with Gasteiger partial charge in [0.25, 0.3) is 0 Å². The Morgan fingerprint density at radius 1 is 1.47 bits per heavy atom. The molecule has 2 heterocycles. The molecule has 2 rings (SSSR count). The summed E-state index contributed by atoms with van der Waals surface area (Å²) in [6.45, 7) is 3.98. The first kappa shape index (κ1) is 14.5. The molecular weight excluding hydrogens is 282 g/mol. The predicted octanol–water partition coefficient (Wildman–Crippen LogP) is 2.55. The van der Waals surface area contributed by atoms with E-state index in [2.05, 4.69) is 10.1 Å². The molecule has 19 heavy (non-hydrogen) atoms. The van der Waals surface area contributed by atoms with Crippen molar-refractivity contribution in [2.75, 3.05) is 0 Å². The number of halogens is 1. The number of aromatic nitrogens is 3. The van der Waals surface area contributed by atoms with Crippen molar-refractivity contribution in [2.24, 2.45) is 7.05 Å². The van der Waals surface area contributed by atoms with Crippen molar-refractivity contribution in [3.63, 3.8) is 0 Å². The topological polar surface area (TPSA) is 50.9 Å². The van der Waals surface area contributed by atoms with E-state index in [9.17, 15) is 5.11 Å². The minimum atomic E-state index is -0.483. The number of hydrogen-bond acceptors (Lipinski definition) is 4. The van der Waals surface area contributed by atoms with Crippen LogP contribution in [0.1, 0.15) is 29.0 Å². The lowest BCUT2D eigenvalue weighted by atomic mass is 10.1. The highest BCUT2D eigenvalue weighted by Gasteiger charge is 2.17. The smallest absolute Gasteiger partial charge is 0.0954 e. The number of hydrogen-bond donors (Lipinski definition) is 1. The molecule has 104 valence electrons. The minimum absolute atomic E-state index is 0.483. The molecular formula is C13H18ClN3OS. The molecule has 0 aromatic carbocycles. The second-order valence-corrected chi connectivity index (χ2v) is 5.95. The van der Waals surface area contributed by atoms with E-state index in [4.69, 9.17) is 11.6 Å². The highest BCUT2D eigenvalue weighted by Crippen LogP contribution is 2.23. The van der Waals surface area contributed by atoms with Crippen molar-refractivity contribution < 1.29 is 5.11 Å². The highest BCUT2D eigenvalue weighted by molar-refractivity contribution is 7.09. The number of aryl methyl sites for hydroxylation is 3. The fourth-order valence-electron chi connectivity index (χ4n) is 2.03. The Hall–Kier alpha value is -0.910. The SMILES string of the molecule is CCc1nn(C)c(CC(O)Cc2nc(C)cs2)c1Cl. The predicted molar refractivity (Wildman–Crippen MR) is 77.9 cm³/mol. The molecule has 0 radical (unpaired) electrons. The van der Waals surface area contributed by atoms with Crippen LogP contribution in [0.25, 0.3) is 0 Å². The lowest BCUT2D eigenvalue weighted by Gasteiger charge is -2.09. The van der Waals surface area contributed by atoms with Gasteiger partial charge >= 0.3 is 0 Å². The molecule has 1 N–H and O–H groups in total. The van der Waals surface area contributed by atoms with Crippen molar-refractivity contribution in [3.05, 3.63) is 32.5 Å². The zero-order chi connectivity index (χ0) is 14.0. The number of thiazole rings is 1. The van der Waals surface area contributed by atoms with Crippen molar-refractivity contribution in [1.29, 1.82) is 0 Å². The maximum atomic E-state index is 10.2. The summed E-state index contributed by atoms with van der Waals surface area (Å²) < 4.78 is 1.76. The first-order chi connectivity index (χ1) is 9.01. The fourth-order valence-corrected chi connectivity index (χ4v) is 3.25. The maximum absolute atomic E-state index is 10.2. The first-order valence-corrected chi connectivity index (χ1v) is 7.56. The van der Waals surface area contributed by atoms with Crippen LogP contribution in [0.15, 0.2) is 5.38 Å². The van der Waals surface area contributed by atoms with E-state index in [0.717, 1.165) is 28.5 Å². The molecule has 2 aromatic heterocycles. The second-order valence-electron chi connectivity index (χ2n) is 4.63. The molecule has 0 saturated carbocycles. The van der Waals surface area contributed by atoms with Crippen molar-refractivity contribution >= 4 is 22.9 Å². The van der Waals surface area contributed by atoms with Gasteiger partial charge in [-0.25, -0.2) is 4.98 Å². The second kappa shape index (κ2) is 6.03. The summed E-state index contributed by atoms with van der Waals surface area (Å²) in [4.78, 5) is 4.36. The van der Waals surface area contributed by atoms with Crippen molar-refractivity contribution in [1.82, 2.24) is 14.8 Å². The highest BCUT2D eigenvalue weighted by atomic mass is 35.5. The molecule has 0 bridgehead atoms. The maximum Gasteiger partial charge on any atom is 0.0954 e. The quantitative estimate of drug-likeness (QED) is 0.923. The van der Waals surface area contributed by atoms with Gasteiger partial charge in [-0.3, -0.25) is 4.68 Å². The van der Waals surface area contributed by atoms with Crippen LogP contribution in [0.3, 0.4) is 0 Å². The zero-order valence-corrected chi connectivity index (χ0v) is 12.9. The van der Waals surface area contributed by atoms with Gasteiger partial charge in [-0.2, -0.15) is 5.10 Å². The third-order valence-electron chi connectivity index (χ3n) is 3.01. The van der Waals surface area contributed by atoms with Crippen molar-refractivity contribution in [2.45, 2.75) is 39.2 Å². The summed E-state index contributed by atoms with van der Waals surface area (Å²) in [6.07, 6.45) is 1.37. The van der Waals surface area contributed by atoms with Crippen LogP contribution in [-0.2, 0) is 26.3 Å². The van der Waals surface area contributed by atoms with Crippen LogP contribution in [0.4, 0.5) is 0 Å². The Morgan fingerprint density at radius 2 is 2.21 bits per heavy atom. The van der Waals surface area contributed by atoms with Crippen LogP contribution in [0.5, 0.6) is 0 Å². The molecule has 0 aliphatic carbocycles. The first-order valence-electron chi connectivity index (χ1n) is 6.30. The summed E-state index contributed by atoms with van der Waals surface area (Å²) in [6, 6.07) is 0. The monoisotopic (exact) mass is 299 g/mol. The number of rotatable bonds is 5. The fraction of sp³-hybridized carbons (Fsp3) is 0.538. The van der Waals surface area contributed by atoms with Crippen LogP contribution in [0, 0.1) is 6.92 Å². The summed E-state index contributed by atoms with van der Waals surface area (Å²) in [5.74, 6) is 0. The number of aliphatic hydroxyl groups is 1. The number of aliphatic hydroxyl groups excluding tert-OH is 1. The van der Waals surface area contributed by atoms with E-state index in [0.29, 0.717) is 17.9 Å². The molecule has 1 unspecified atom stereocenters. The summed E-state index contributed by atoms with van der Waals surface area (Å²) in [5.41, 5.74) is 2.77. The normalized spacial score (nSPS) is 12.9. The molecule has 0 spiro atoms. The lowest BCUT2D eigenvalue weighted by Crippen LogP contribution is -2.16. The van der Waals surface area contributed by atoms with Gasteiger partial charge in [-0.1, -0.05) is 18.5 Å². The Bertz CT molecular complexity index is 564. The molecule has 2 aromatic rings. The molecule has 0 saturated heterocycles. The third kappa shape index (κ3) is 3.35. The molecule has 1 atom stereocenters.